The number of aromatic nitrogens is 1. The molecule has 0 aromatic carbocycles. The standard InChI is InChI=1S/C11H12Cl2N4/c12-10-2-1-8(11(13)16-10)7-17-4-3-15-6-9(17)5-14/h1-2,9,15H,3-4,6-7H2. The number of hydrogen-bond donors (Lipinski definition) is 1. The van der Waals surface area contributed by atoms with Crippen LogP contribution in [0.15, 0.2) is 12.1 Å². The molecule has 2 heterocycles. The second-order valence-electron chi connectivity index (χ2n) is 3.90. The predicted octanol–water partition coefficient (Wildman–Crippen LogP) is 1.69. The average molecular weight is 271 g/mol. The Bertz CT molecular complexity index is 444. The lowest BCUT2D eigenvalue weighted by Crippen LogP contribution is -2.50. The van der Waals surface area contributed by atoms with Crippen molar-refractivity contribution in [2.24, 2.45) is 0 Å². The van der Waals surface area contributed by atoms with Gasteiger partial charge in [0.1, 0.15) is 16.3 Å². The number of nitrogens with one attached hydrogen (secondary N) is 1. The molecule has 90 valence electrons. The second kappa shape index (κ2) is 5.65. The fourth-order valence-corrected chi connectivity index (χ4v) is 2.25. The Kier molecular flexibility index (Phi) is 4.19. The number of pyridine rings is 1. The van der Waals surface area contributed by atoms with Crippen molar-refractivity contribution in [1.82, 2.24) is 15.2 Å². The van der Waals surface area contributed by atoms with Crippen molar-refractivity contribution in [3.8, 4) is 6.07 Å². The molecule has 0 spiro atoms. The summed E-state index contributed by atoms with van der Waals surface area (Å²) in [5.74, 6) is 0. The van der Waals surface area contributed by atoms with E-state index in [-0.39, 0.29) is 6.04 Å². The monoisotopic (exact) mass is 270 g/mol. The Balaban J connectivity index is 2.11. The molecular weight excluding hydrogens is 259 g/mol. The van der Waals surface area contributed by atoms with Gasteiger partial charge in [0.2, 0.25) is 0 Å². The maximum absolute atomic E-state index is 9.05. The minimum Gasteiger partial charge on any atom is -0.313 e. The van der Waals surface area contributed by atoms with Crippen LogP contribution in [0.25, 0.3) is 0 Å². The molecule has 1 atom stereocenters. The summed E-state index contributed by atoms with van der Waals surface area (Å²) in [4.78, 5) is 6.09. The van der Waals surface area contributed by atoms with Gasteiger partial charge in [-0.3, -0.25) is 4.90 Å². The second-order valence-corrected chi connectivity index (χ2v) is 4.65. The molecule has 4 nitrogen and oxygen atoms in total. The van der Waals surface area contributed by atoms with E-state index in [1.54, 1.807) is 6.07 Å². The van der Waals surface area contributed by atoms with E-state index in [1.165, 1.54) is 0 Å². The van der Waals surface area contributed by atoms with Gasteiger partial charge in [0.05, 0.1) is 6.07 Å². The zero-order chi connectivity index (χ0) is 12.3. The van der Waals surface area contributed by atoms with Gasteiger partial charge in [-0.2, -0.15) is 5.26 Å². The van der Waals surface area contributed by atoms with Crippen LogP contribution in [0, 0.1) is 11.3 Å². The van der Waals surface area contributed by atoms with E-state index in [4.69, 9.17) is 28.5 Å². The van der Waals surface area contributed by atoms with Gasteiger partial charge in [0, 0.05) is 31.7 Å². The average Bonchev–Trinajstić information content (AvgIpc) is 2.33. The fraction of sp³-hybridized carbons (Fsp3) is 0.455. The van der Waals surface area contributed by atoms with Crippen LogP contribution in [0.1, 0.15) is 5.56 Å². The maximum Gasteiger partial charge on any atom is 0.135 e. The molecule has 1 unspecified atom stereocenters. The van der Waals surface area contributed by atoms with Crippen molar-refractivity contribution in [3.05, 3.63) is 28.0 Å². The Morgan fingerprint density at radius 1 is 1.53 bits per heavy atom. The minimum absolute atomic E-state index is 0.115. The first-order valence-corrected chi connectivity index (χ1v) is 6.11. The third-order valence-electron chi connectivity index (χ3n) is 2.77. The summed E-state index contributed by atoms with van der Waals surface area (Å²) < 4.78 is 0. The van der Waals surface area contributed by atoms with E-state index >= 15 is 0 Å². The van der Waals surface area contributed by atoms with Crippen molar-refractivity contribution >= 4 is 23.2 Å². The van der Waals surface area contributed by atoms with E-state index in [2.05, 4.69) is 21.3 Å². The van der Waals surface area contributed by atoms with Crippen molar-refractivity contribution in [2.45, 2.75) is 12.6 Å². The number of halogens is 2. The van der Waals surface area contributed by atoms with Gasteiger partial charge in [-0.1, -0.05) is 29.3 Å². The highest BCUT2D eigenvalue weighted by molar-refractivity contribution is 6.32. The van der Waals surface area contributed by atoms with Gasteiger partial charge in [-0.25, -0.2) is 4.98 Å². The van der Waals surface area contributed by atoms with Crippen LogP contribution in [0.5, 0.6) is 0 Å². The lowest BCUT2D eigenvalue weighted by atomic mass is 10.1. The SMILES string of the molecule is N#CC1CNCCN1Cc1ccc(Cl)nc1Cl. The summed E-state index contributed by atoms with van der Waals surface area (Å²) in [5.41, 5.74) is 0.901. The molecule has 0 radical (unpaired) electrons. The largest absolute Gasteiger partial charge is 0.313 e. The Hall–Kier alpha value is -0.860. The molecule has 1 saturated heterocycles. The molecule has 0 amide bonds. The third kappa shape index (κ3) is 3.08. The fourth-order valence-electron chi connectivity index (χ4n) is 1.84. The lowest BCUT2D eigenvalue weighted by molar-refractivity contribution is 0.189. The minimum atomic E-state index is -0.115. The van der Waals surface area contributed by atoms with Crippen molar-refractivity contribution in [1.29, 1.82) is 5.26 Å². The summed E-state index contributed by atoms with van der Waals surface area (Å²) in [6.45, 7) is 3.03. The quantitative estimate of drug-likeness (QED) is 0.831. The van der Waals surface area contributed by atoms with E-state index < -0.39 is 0 Å². The number of nitrogens with zero attached hydrogens (tertiary/aromatic N) is 3. The summed E-state index contributed by atoms with van der Waals surface area (Å²) in [7, 11) is 0. The topological polar surface area (TPSA) is 52.0 Å². The summed E-state index contributed by atoms with van der Waals surface area (Å²) in [6.07, 6.45) is 0. The third-order valence-corrected chi connectivity index (χ3v) is 3.31. The van der Waals surface area contributed by atoms with Crippen molar-refractivity contribution < 1.29 is 0 Å². The number of rotatable bonds is 2. The van der Waals surface area contributed by atoms with E-state index in [0.29, 0.717) is 23.4 Å². The number of nitriles is 1. The molecule has 1 fully saturated rings. The highest BCUT2D eigenvalue weighted by Gasteiger charge is 2.22. The number of hydrogen-bond acceptors (Lipinski definition) is 4. The zero-order valence-electron chi connectivity index (χ0n) is 9.16. The van der Waals surface area contributed by atoms with Crippen molar-refractivity contribution in [3.63, 3.8) is 0 Å². The molecular formula is C11H12Cl2N4. The van der Waals surface area contributed by atoms with Crippen LogP contribution in [0.4, 0.5) is 0 Å². The normalized spacial score (nSPS) is 21.1. The summed E-state index contributed by atoms with van der Waals surface area (Å²) in [5, 5.41) is 13.0. The van der Waals surface area contributed by atoms with Crippen LogP contribution >= 0.6 is 23.2 Å². The highest BCUT2D eigenvalue weighted by atomic mass is 35.5. The first kappa shape index (κ1) is 12.6. The molecule has 1 aliphatic heterocycles. The molecule has 1 N–H and O–H groups in total. The Labute approximate surface area is 110 Å². The molecule has 6 heteroatoms. The Morgan fingerprint density at radius 2 is 2.35 bits per heavy atom. The number of piperazine rings is 1. The van der Waals surface area contributed by atoms with Crippen LogP contribution in [-0.4, -0.2) is 35.6 Å². The van der Waals surface area contributed by atoms with Gasteiger partial charge in [0.25, 0.3) is 0 Å². The van der Waals surface area contributed by atoms with Gasteiger partial charge >= 0.3 is 0 Å². The first-order chi connectivity index (χ1) is 8.20. The van der Waals surface area contributed by atoms with E-state index in [0.717, 1.165) is 18.7 Å². The van der Waals surface area contributed by atoms with Crippen LogP contribution < -0.4 is 5.32 Å². The predicted molar refractivity (Wildman–Crippen MR) is 66.9 cm³/mol. The molecule has 1 aromatic rings. The molecule has 0 bridgehead atoms. The van der Waals surface area contributed by atoms with Gasteiger partial charge in [-0.15, -0.1) is 0 Å². The van der Waals surface area contributed by atoms with E-state index in [9.17, 15) is 0 Å². The van der Waals surface area contributed by atoms with Crippen molar-refractivity contribution in [2.75, 3.05) is 19.6 Å². The molecule has 1 aliphatic rings. The molecule has 0 aliphatic carbocycles. The zero-order valence-corrected chi connectivity index (χ0v) is 10.7. The van der Waals surface area contributed by atoms with Crippen LogP contribution in [0.3, 0.4) is 0 Å². The van der Waals surface area contributed by atoms with Gasteiger partial charge in [0.15, 0.2) is 0 Å². The van der Waals surface area contributed by atoms with E-state index in [1.807, 2.05) is 6.07 Å². The van der Waals surface area contributed by atoms with Gasteiger partial charge in [-0.05, 0) is 6.07 Å². The van der Waals surface area contributed by atoms with Crippen LogP contribution in [-0.2, 0) is 6.54 Å². The molecule has 0 saturated carbocycles. The summed E-state index contributed by atoms with van der Waals surface area (Å²) in [6, 6.07) is 5.73. The lowest BCUT2D eigenvalue weighted by Gasteiger charge is -2.31. The smallest absolute Gasteiger partial charge is 0.135 e. The first-order valence-electron chi connectivity index (χ1n) is 5.36. The molecule has 17 heavy (non-hydrogen) atoms. The summed E-state index contributed by atoms with van der Waals surface area (Å²) >= 11 is 11.8. The molecule has 2 rings (SSSR count). The van der Waals surface area contributed by atoms with Gasteiger partial charge < -0.3 is 5.32 Å². The molecule has 1 aromatic heterocycles. The highest BCUT2D eigenvalue weighted by Crippen LogP contribution is 2.19. The van der Waals surface area contributed by atoms with Crippen LogP contribution in [0.2, 0.25) is 10.3 Å². The Morgan fingerprint density at radius 3 is 3.06 bits per heavy atom. The maximum atomic E-state index is 9.05.